The summed E-state index contributed by atoms with van der Waals surface area (Å²) in [6.45, 7) is 16.4. The SMILES string of the molecule is C=Cc1c(C=C)n2c3ccc(B4OC(C)(C)C(C)(C)O4)cc3nc2c2ccccc12. The van der Waals surface area contributed by atoms with E-state index in [1.165, 1.54) is 0 Å². The van der Waals surface area contributed by atoms with E-state index in [1.807, 2.05) is 24.3 Å². The summed E-state index contributed by atoms with van der Waals surface area (Å²) in [7, 11) is -0.413. The number of rotatable bonds is 3. The number of aromatic nitrogens is 2. The fourth-order valence-corrected chi connectivity index (χ4v) is 4.23. The molecule has 0 amide bonds. The number of hydrogen-bond donors (Lipinski definition) is 0. The van der Waals surface area contributed by atoms with Gasteiger partial charge in [-0.2, -0.15) is 0 Å². The van der Waals surface area contributed by atoms with Crippen LogP contribution in [0.2, 0.25) is 0 Å². The first-order valence-corrected chi connectivity index (χ1v) is 10.2. The molecule has 0 aliphatic carbocycles. The van der Waals surface area contributed by atoms with Gasteiger partial charge in [-0.1, -0.05) is 49.6 Å². The van der Waals surface area contributed by atoms with Gasteiger partial charge in [0.05, 0.1) is 27.9 Å². The molecule has 0 atom stereocenters. The van der Waals surface area contributed by atoms with Gasteiger partial charge in [-0.3, -0.25) is 4.40 Å². The molecule has 1 aliphatic rings. The van der Waals surface area contributed by atoms with Crippen LogP contribution in [0.15, 0.2) is 55.6 Å². The highest BCUT2D eigenvalue weighted by atomic mass is 16.7. The topological polar surface area (TPSA) is 35.8 Å². The van der Waals surface area contributed by atoms with Crippen molar-refractivity contribution in [2.45, 2.75) is 38.9 Å². The number of benzene rings is 2. The average Bonchev–Trinajstić information content (AvgIpc) is 3.20. The van der Waals surface area contributed by atoms with Crippen molar-refractivity contribution in [3.63, 3.8) is 0 Å². The molecule has 2 aromatic heterocycles. The maximum atomic E-state index is 6.24. The Kier molecular flexibility index (Phi) is 4.01. The minimum atomic E-state index is -0.413. The van der Waals surface area contributed by atoms with Crippen molar-refractivity contribution in [3.05, 3.63) is 66.9 Å². The van der Waals surface area contributed by atoms with Gasteiger partial charge in [-0.05, 0) is 56.8 Å². The fourth-order valence-electron chi connectivity index (χ4n) is 4.23. The first kappa shape index (κ1) is 19.1. The van der Waals surface area contributed by atoms with Crippen molar-refractivity contribution in [1.82, 2.24) is 9.38 Å². The normalized spacial score (nSPS) is 17.8. The van der Waals surface area contributed by atoms with E-state index in [4.69, 9.17) is 14.3 Å². The Morgan fingerprint density at radius 2 is 1.60 bits per heavy atom. The maximum Gasteiger partial charge on any atom is 0.494 e. The van der Waals surface area contributed by atoms with Crippen LogP contribution in [0.3, 0.4) is 0 Å². The number of hydrogen-bond acceptors (Lipinski definition) is 3. The van der Waals surface area contributed by atoms with Crippen LogP contribution in [-0.2, 0) is 9.31 Å². The van der Waals surface area contributed by atoms with E-state index in [0.29, 0.717) is 0 Å². The van der Waals surface area contributed by atoms with E-state index in [-0.39, 0.29) is 11.2 Å². The lowest BCUT2D eigenvalue weighted by Crippen LogP contribution is -2.41. The molecule has 3 heterocycles. The third kappa shape index (κ3) is 2.52. The standard InChI is InChI=1S/C25H25BN2O2/c1-7-17-18-11-9-10-12-19(18)23-27-20-15-16(13-14-22(20)28(23)21(17)8-2)26-29-24(3,4)25(5,6)30-26/h7-15H,1-2H2,3-6H3. The molecule has 150 valence electrons. The van der Waals surface area contributed by atoms with Crippen LogP contribution < -0.4 is 5.46 Å². The van der Waals surface area contributed by atoms with Gasteiger partial charge in [0.1, 0.15) is 5.65 Å². The molecule has 0 spiro atoms. The van der Waals surface area contributed by atoms with Gasteiger partial charge in [-0.15, -0.1) is 0 Å². The lowest BCUT2D eigenvalue weighted by atomic mass is 9.79. The third-order valence-electron chi connectivity index (χ3n) is 6.58. The Labute approximate surface area is 177 Å². The molecule has 0 unspecified atom stereocenters. The zero-order valence-electron chi connectivity index (χ0n) is 17.9. The summed E-state index contributed by atoms with van der Waals surface area (Å²) in [6, 6.07) is 14.5. The molecule has 4 aromatic rings. The van der Waals surface area contributed by atoms with E-state index >= 15 is 0 Å². The van der Waals surface area contributed by atoms with E-state index in [0.717, 1.165) is 44.2 Å². The number of imidazole rings is 1. The molecule has 0 N–H and O–H groups in total. The van der Waals surface area contributed by atoms with Crippen LogP contribution in [0.25, 0.3) is 39.6 Å². The Bertz CT molecular complexity index is 1330. The van der Waals surface area contributed by atoms with Gasteiger partial charge >= 0.3 is 7.12 Å². The molecule has 2 aromatic carbocycles. The maximum absolute atomic E-state index is 6.24. The second-order valence-electron chi connectivity index (χ2n) is 8.86. The molecule has 0 saturated carbocycles. The van der Waals surface area contributed by atoms with E-state index in [9.17, 15) is 0 Å². The molecular weight excluding hydrogens is 371 g/mol. The van der Waals surface area contributed by atoms with Crippen LogP contribution in [0.4, 0.5) is 0 Å². The highest BCUT2D eigenvalue weighted by molar-refractivity contribution is 6.62. The molecular formula is C25H25BN2O2. The van der Waals surface area contributed by atoms with Crippen LogP contribution in [0.1, 0.15) is 39.0 Å². The summed E-state index contributed by atoms with van der Waals surface area (Å²) in [5, 5.41) is 2.21. The van der Waals surface area contributed by atoms with E-state index < -0.39 is 7.12 Å². The lowest BCUT2D eigenvalue weighted by molar-refractivity contribution is 0.00578. The second kappa shape index (κ2) is 6.30. The van der Waals surface area contributed by atoms with Crippen molar-refractivity contribution in [1.29, 1.82) is 0 Å². The van der Waals surface area contributed by atoms with Crippen molar-refractivity contribution >= 4 is 52.2 Å². The molecule has 1 saturated heterocycles. The predicted octanol–water partition coefficient (Wildman–Crippen LogP) is 5.23. The summed E-state index contributed by atoms with van der Waals surface area (Å²) in [5.74, 6) is 0. The zero-order chi connectivity index (χ0) is 21.3. The van der Waals surface area contributed by atoms with E-state index in [2.05, 4.69) is 75.6 Å². The van der Waals surface area contributed by atoms with Crippen molar-refractivity contribution in [2.24, 2.45) is 0 Å². The van der Waals surface area contributed by atoms with Gasteiger partial charge in [-0.25, -0.2) is 4.98 Å². The number of nitrogens with zero attached hydrogens (tertiary/aromatic N) is 2. The van der Waals surface area contributed by atoms with Crippen molar-refractivity contribution in [2.75, 3.05) is 0 Å². The lowest BCUT2D eigenvalue weighted by Gasteiger charge is -2.32. The number of fused-ring (bicyclic) bond motifs is 5. The molecule has 0 bridgehead atoms. The van der Waals surface area contributed by atoms with Gasteiger partial charge in [0.25, 0.3) is 0 Å². The molecule has 1 aliphatic heterocycles. The van der Waals surface area contributed by atoms with E-state index in [1.54, 1.807) is 0 Å². The van der Waals surface area contributed by atoms with Crippen molar-refractivity contribution < 1.29 is 9.31 Å². The molecule has 5 heteroatoms. The summed E-state index contributed by atoms with van der Waals surface area (Å²) in [4.78, 5) is 5.00. The Morgan fingerprint density at radius 1 is 0.933 bits per heavy atom. The molecule has 5 rings (SSSR count). The highest BCUT2D eigenvalue weighted by Gasteiger charge is 2.51. The Balaban J connectivity index is 1.77. The van der Waals surface area contributed by atoms with Gasteiger partial charge in [0.2, 0.25) is 0 Å². The van der Waals surface area contributed by atoms with Crippen LogP contribution in [0.5, 0.6) is 0 Å². The minimum absolute atomic E-state index is 0.378. The van der Waals surface area contributed by atoms with Gasteiger partial charge < -0.3 is 9.31 Å². The Hall–Kier alpha value is -2.89. The van der Waals surface area contributed by atoms with Gasteiger partial charge in [0, 0.05) is 10.9 Å². The average molecular weight is 396 g/mol. The monoisotopic (exact) mass is 396 g/mol. The summed E-state index contributed by atoms with van der Waals surface area (Å²) in [6.07, 6.45) is 3.77. The van der Waals surface area contributed by atoms with Crippen molar-refractivity contribution in [3.8, 4) is 0 Å². The quantitative estimate of drug-likeness (QED) is 0.445. The van der Waals surface area contributed by atoms with Gasteiger partial charge in [0.15, 0.2) is 0 Å². The molecule has 30 heavy (non-hydrogen) atoms. The fraction of sp³-hybridized carbons (Fsp3) is 0.240. The van der Waals surface area contributed by atoms with Crippen LogP contribution >= 0.6 is 0 Å². The third-order valence-corrected chi connectivity index (χ3v) is 6.58. The predicted molar refractivity (Wildman–Crippen MR) is 126 cm³/mol. The van der Waals surface area contributed by atoms with Crippen LogP contribution in [0, 0.1) is 0 Å². The molecule has 1 fully saturated rings. The second-order valence-corrected chi connectivity index (χ2v) is 8.86. The first-order valence-electron chi connectivity index (χ1n) is 10.2. The molecule has 4 nitrogen and oxygen atoms in total. The summed E-state index contributed by atoms with van der Waals surface area (Å²) >= 11 is 0. The largest absolute Gasteiger partial charge is 0.494 e. The van der Waals surface area contributed by atoms with Crippen LogP contribution in [-0.4, -0.2) is 27.7 Å². The smallest absolute Gasteiger partial charge is 0.399 e. The summed E-state index contributed by atoms with van der Waals surface area (Å²) in [5.41, 5.74) is 5.09. The molecule has 0 radical (unpaired) electrons. The number of pyridine rings is 1. The minimum Gasteiger partial charge on any atom is -0.399 e. The highest BCUT2D eigenvalue weighted by Crippen LogP contribution is 2.37. The Morgan fingerprint density at radius 3 is 2.23 bits per heavy atom. The summed E-state index contributed by atoms with van der Waals surface area (Å²) < 4.78 is 14.6. The first-order chi connectivity index (χ1) is 14.3. The zero-order valence-corrected chi connectivity index (χ0v) is 17.9.